The molecule has 1 fully saturated rings. The molecule has 0 atom stereocenters. The van der Waals surface area contributed by atoms with Crippen LogP contribution in [0.1, 0.15) is 41.5 Å². The quantitative estimate of drug-likeness (QED) is 0.790. The van der Waals surface area contributed by atoms with Crippen molar-refractivity contribution in [2.24, 2.45) is 4.36 Å². The lowest BCUT2D eigenvalue weighted by molar-refractivity contribution is 0.00578. The second-order valence-corrected chi connectivity index (χ2v) is 9.62. The van der Waals surface area contributed by atoms with Crippen molar-refractivity contribution in [2.75, 3.05) is 11.5 Å². The zero-order valence-corrected chi connectivity index (χ0v) is 15.5. The average molecular weight is 341 g/mol. The van der Waals surface area contributed by atoms with Crippen molar-refractivity contribution in [1.29, 1.82) is 0 Å². The molecule has 1 saturated heterocycles. The van der Waals surface area contributed by atoms with Gasteiger partial charge in [-0.05, 0) is 45.3 Å². The Hall–Kier alpha value is -0.915. The Balaban J connectivity index is 2.33. The summed E-state index contributed by atoms with van der Waals surface area (Å²) in [4.78, 5) is 0. The molecule has 4 nitrogen and oxygen atoms in total. The van der Waals surface area contributed by atoms with Crippen LogP contribution in [0.2, 0.25) is 0 Å². The van der Waals surface area contributed by atoms with Gasteiger partial charge in [-0.2, -0.15) is 4.36 Å². The predicted molar refractivity (Wildman–Crippen MR) is 93.4 cm³/mol. The molecule has 1 heterocycles. The maximum atomic E-state index is 14.4. The molecular formula is C16H25BFNO3S. The fourth-order valence-electron chi connectivity index (χ4n) is 2.24. The Kier molecular flexibility index (Phi) is 4.95. The smallest absolute Gasteiger partial charge is 0.399 e. The fraction of sp³-hybridized carbons (Fsp3) is 0.625. The molecule has 1 aromatic rings. The minimum atomic E-state index is -2.39. The maximum absolute atomic E-state index is 14.4. The van der Waals surface area contributed by atoms with Gasteiger partial charge in [0, 0.05) is 11.5 Å². The van der Waals surface area contributed by atoms with E-state index < -0.39 is 33.9 Å². The van der Waals surface area contributed by atoms with Gasteiger partial charge in [-0.15, -0.1) is 0 Å². The lowest BCUT2D eigenvalue weighted by atomic mass is 9.79. The van der Waals surface area contributed by atoms with E-state index >= 15 is 0 Å². The van der Waals surface area contributed by atoms with Crippen LogP contribution in [0.15, 0.2) is 22.6 Å². The SMILES string of the molecule is CCS(=O)(CC)=Nc1ccc(B2OC(C)(C)C(C)(C)O2)cc1F. The van der Waals surface area contributed by atoms with E-state index in [2.05, 4.69) is 4.36 Å². The van der Waals surface area contributed by atoms with Crippen molar-refractivity contribution >= 4 is 28.0 Å². The zero-order valence-electron chi connectivity index (χ0n) is 14.7. The molecule has 2 rings (SSSR count). The highest BCUT2D eigenvalue weighted by molar-refractivity contribution is 7.93. The molecule has 0 N–H and O–H groups in total. The molecule has 0 spiro atoms. The fourth-order valence-corrected chi connectivity index (χ4v) is 3.41. The van der Waals surface area contributed by atoms with E-state index in [1.807, 2.05) is 27.7 Å². The van der Waals surface area contributed by atoms with Gasteiger partial charge in [0.25, 0.3) is 0 Å². The van der Waals surface area contributed by atoms with Gasteiger partial charge in [0.15, 0.2) is 0 Å². The second kappa shape index (κ2) is 6.18. The number of nitrogens with zero attached hydrogens (tertiary/aromatic N) is 1. The summed E-state index contributed by atoms with van der Waals surface area (Å²) in [5.41, 5.74) is -0.232. The minimum Gasteiger partial charge on any atom is -0.399 e. The average Bonchev–Trinajstić information content (AvgIpc) is 2.69. The Morgan fingerprint density at radius 3 is 2.09 bits per heavy atom. The summed E-state index contributed by atoms with van der Waals surface area (Å²) >= 11 is 0. The highest BCUT2D eigenvalue weighted by atomic mass is 32.2. The largest absolute Gasteiger partial charge is 0.494 e. The maximum Gasteiger partial charge on any atom is 0.494 e. The number of hydrogen-bond acceptors (Lipinski definition) is 4. The third-order valence-corrected chi connectivity index (χ3v) is 7.00. The van der Waals surface area contributed by atoms with Gasteiger partial charge in [-0.25, -0.2) is 8.60 Å². The first-order valence-electron chi connectivity index (χ1n) is 7.91. The van der Waals surface area contributed by atoms with Crippen LogP contribution >= 0.6 is 0 Å². The van der Waals surface area contributed by atoms with Gasteiger partial charge in [-0.3, -0.25) is 0 Å². The van der Waals surface area contributed by atoms with Gasteiger partial charge in [0.1, 0.15) is 11.5 Å². The van der Waals surface area contributed by atoms with Crippen LogP contribution in [-0.2, 0) is 19.0 Å². The molecule has 0 unspecified atom stereocenters. The van der Waals surface area contributed by atoms with Gasteiger partial charge in [0.05, 0.1) is 20.9 Å². The van der Waals surface area contributed by atoms with Gasteiger partial charge in [0.2, 0.25) is 0 Å². The number of benzene rings is 1. The van der Waals surface area contributed by atoms with E-state index in [0.717, 1.165) is 0 Å². The lowest BCUT2D eigenvalue weighted by Gasteiger charge is -2.32. The van der Waals surface area contributed by atoms with Crippen molar-refractivity contribution in [3.8, 4) is 0 Å². The zero-order chi connectivity index (χ0) is 17.5. The summed E-state index contributed by atoms with van der Waals surface area (Å²) in [6.07, 6.45) is 0. The molecule has 0 aromatic heterocycles. The summed E-state index contributed by atoms with van der Waals surface area (Å²) < 4.78 is 42.7. The van der Waals surface area contributed by atoms with Crippen molar-refractivity contribution in [3.63, 3.8) is 0 Å². The minimum absolute atomic E-state index is 0.124. The molecule has 23 heavy (non-hydrogen) atoms. The molecule has 0 bridgehead atoms. The Bertz CT molecular complexity index is 685. The third kappa shape index (κ3) is 3.62. The van der Waals surface area contributed by atoms with Crippen molar-refractivity contribution in [1.82, 2.24) is 0 Å². The Morgan fingerprint density at radius 2 is 1.65 bits per heavy atom. The van der Waals surface area contributed by atoms with Gasteiger partial charge >= 0.3 is 7.12 Å². The number of halogens is 1. The van der Waals surface area contributed by atoms with Crippen LogP contribution in [0.4, 0.5) is 10.1 Å². The number of rotatable bonds is 4. The molecular weight excluding hydrogens is 316 g/mol. The number of hydrogen-bond donors (Lipinski definition) is 0. The topological polar surface area (TPSA) is 47.9 Å². The summed E-state index contributed by atoms with van der Waals surface area (Å²) in [5.74, 6) is 0.302. The van der Waals surface area contributed by atoms with Crippen LogP contribution in [0.25, 0.3) is 0 Å². The van der Waals surface area contributed by atoms with E-state index in [1.54, 1.807) is 26.0 Å². The summed E-state index contributed by atoms with van der Waals surface area (Å²) in [7, 11) is -3.01. The van der Waals surface area contributed by atoms with Gasteiger partial charge < -0.3 is 9.31 Å². The summed E-state index contributed by atoms with van der Waals surface area (Å²) in [6, 6.07) is 4.61. The van der Waals surface area contributed by atoms with Crippen molar-refractivity contribution in [2.45, 2.75) is 52.7 Å². The van der Waals surface area contributed by atoms with Crippen molar-refractivity contribution in [3.05, 3.63) is 24.0 Å². The summed E-state index contributed by atoms with van der Waals surface area (Å²) in [6.45, 7) is 11.4. The first kappa shape index (κ1) is 18.4. The van der Waals surface area contributed by atoms with E-state index in [1.165, 1.54) is 6.07 Å². The Morgan fingerprint density at radius 1 is 1.13 bits per heavy atom. The molecule has 128 valence electrons. The molecule has 1 aliphatic heterocycles. The van der Waals surface area contributed by atoms with Crippen LogP contribution in [-0.4, -0.2) is 34.0 Å². The molecule has 1 aromatic carbocycles. The monoisotopic (exact) mass is 341 g/mol. The first-order chi connectivity index (χ1) is 10.5. The first-order valence-corrected chi connectivity index (χ1v) is 9.76. The molecule has 0 aliphatic carbocycles. The predicted octanol–water partition coefficient (Wildman–Crippen LogP) is 3.26. The van der Waals surface area contributed by atoms with Crippen LogP contribution in [0, 0.1) is 5.82 Å². The van der Waals surface area contributed by atoms with Crippen LogP contribution in [0.3, 0.4) is 0 Å². The van der Waals surface area contributed by atoms with E-state index in [9.17, 15) is 8.60 Å². The standard InChI is InChI=1S/C16H25BFNO3S/c1-7-23(20,8-2)19-14-10-9-12(11-13(14)18)17-21-15(3,4)16(5,6)22-17/h9-11H,7-8H2,1-6H3. The molecule has 1 aliphatic rings. The highest BCUT2D eigenvalue weighted by Crippen LogP contribution is 2.36. The van der Waals surface area contributed by atoms with E-state index in [-0.39, 0.29) is 5.69 Å². The van der Waals surface area contributed by atoms with Crippen LogP contribution in [0.5, 0.6) is 0 Å². The second-order valence-electron chi connectivity index (χ2n) is 6.74. The molecule has 0 amide bonds. The van der Waals surface area contributed by atoms with E-state index in [0.29, 0.717) is 17.0 Å². The van der Waals surface area contributed by atoms with Gasteiger partial charge in [-0.1, -0.05) is 19.9 Å². The Labute approximate surface area is 139 Å². The molecule has 0 radical (unpaired) electrons. The third-order valence-electron chi connectivity index (χ3n) is 4.66. The van der Waals surface area contributed by atoms with Crippen molar-refractivity contribution < 1.29 is 17.9 Å². The molecule has 0 saturated carbocycles. The molecule has 7 heteroatoms. The summed E-state index contributed by atoms with van der Waals surface area (Å²) in [5, 5.41) is 0. The normalized spacial score (nSPS) is 19.9. The highest BCUT2D eigenvalue weighted by Gasteiger charge is 2.51. The lowest BCUT2D eigenvalue weighted by Crippen LogP contribution is -2.41. The van der Waals surface area contributed by atoms with Crippen LogP contribution < -0.4 is 5.46 Å². The van der Waals surface area contributed by atoms with E-state index in [4.69, 9.17) is 9.31 Å².